The fourth-order valence-electron chi connectivity index (χ4n) is 5.19. The van der Waals surface area contributed by atoms with E-state index in [0.29, 0.717) is 12.0 Å². The molecule has 1 aromatic heterocycles. The molecule has 1 heterocycles. The highest BCUT2D eigenvalue weighted by Gasteiger charge is 2.51. The number of rotatable bonds is 6. The van der Waals surface area contributed by atoms with Crippen molar-refractivity contribution in [2.45, 2.75) is 51.1 Å². The summed E-state index contributed by atoms with van der Waals surface area (Å²) in [7, 11) is 3.41. The molecule has 0 spiro atoms. The Balaban J connectivity index is 1.56. The molecule has 27 heavy (non-hydrogen) atoms. The Bertz CT molecular complexity index is 792. The Hall–Kier alpha value is -2.07. The van der Waals surface area contributed by atoms with E-state index in [9.17, 15) is 0 Å². The molecule has 0 amide bonds. The van der Waals surface area contributed by atoms with Crippen LogP contribution in [-0.2, 0) is 6.54 Å². The summed E-state index contributed by atoms with van der Waals surface area (Å²) in [5.74, 6) is 3.76. The summed E-state index contributed by atoms with van der Waals surface area (Å²) in [6.45, 7) is 3.05. The van der Waals surface area contributed by atoms with Gasteiger partial charge in [-0.15, -0.1) is 0 Å². The number of aromatic nitrogens is 1. The van der Waals surface area contributed by atoms with Gasteiger partial charge in [-0.05, 0) is 66.5 Å². The second-order valence-electron chi connectivity index (χ2n) is 7.96. The lowest BCUT2D eigenvalue weighted by atomic mass is 9.53. The van der Waals surface area contributed by atoms with Gasteiger partial charge < -0.3 is 14.8 Å². The highest BCUT2D eigenvalue weighted by Crippen LogP contribution is 2.55. The first-order chi connectivity index (χ1) is 13.2. The maximum atomic E-state index is 5.56. The van der Waals surface area contributed by atoms with Crippen molar-refractivity contribution in [1.29, 1.82) is 0 Å². The smallest absolute Gasteiger partial charge is 0.160 e. The largest absolute Gasteiger partial charge is 0.493 e. The molecular formula is C23H30N2O2. The van der Waals surface area contributed by atoms with Crippen molar-refractivity contribution in [3.05, 3.63) is 53.3 Å². The predicted octanol–water partition coefficient (Wildman–Crippen LogP) is 4.47. The van der Waals surface area contributed by atoms with E-state index in [2.05, 4.69) is 35.4 Å². The maximum Gasteiger partial charge on any atom is 0.160 e. The number of benzene rings is 1. The highest BCUT2D eigenvalue weighted by atomic mass is 16.5. The molecule has 144 valence electrons. The van der Waals surface area contributed by atoms with E-state index in [-0.39, 0.29) is 0 Å². The molecule has 0 unspecified atom stereocenters. The third kappa shape index (κ3) is 3.43. The monoisotopic (exact) mass is 366 g/mol. The molecule has 1 aromatic carbocycles. The van der Waals surface area contributed by atoms with Gasteiger partial charge in [-0.3, -0.25) is 4.98 Å². The summed E-state index contributed by atoms with van der Waals surface area (Å²) < 4.78 is 11.0. The summed E-state index contributed by atoms with van der Waals surface area (Å²) in [5, 5.41) is 3.89. The van der Waals surface area contributed by atoms with Crippen LogP contribution in [0.15, 0.2) is 36.7 Å². The van der Waals surface area contributed by atoms with Crippen LogP contribution in [0.5, 0.6) is 11.5 Å². The molecule has 4 heteroatoms. The lowest BCUT2D eigenvalue weighted by Gasteiger charge is -2.55. The average Bonchev–Trinajstić information content (AvgIpc) is 2.70. The van der Waals surface area contributed by atoms with Crippen LogP contribution >= 0.6 is 0 Å². The second-order valence-corrected chi connectivity index (χ2v) is 7.96. The van der Waals surface area contributed by atoms with Gasteiger partial charge in [0.25, 0.3) is 0 Å². The van der Waals surface area contributed by atoms with Gasteiger partial charge in [0.15, 0.2) is 11.5 Å². The molecule has 4 atom stereocenters. The number of methoxy groups -OCH3 is 2. The van der Waals surface area contributed by atoms with Gasteiger partial charge in [0.1, 0.15) is 0 Å². The van der Waals surface area contributed by atoms with Crippen LogP contribution in [0.1, 0.15) is 48.3 Å². The fraction of sp³-hybridized carbons (Fsp3) is 0.522. The Morgan fingerprint density at radius 3 is 2.56 bits per heavy atom. The predicted molar refractivity (Wildman–Crippen MR) is 107 cm³/mol. The number of fused-ring (bicyclic) bond motifs is 1. The van der Waals surface area contributed by atoms with Crippen LogP contribution in [0.3, 0.4) is 0 Å². The van der Waals surface area contributed by atoms with Gasteiger partial charge in [0.2, 0.25) is 0 Å². The van der Waals surface area contributed by atoms with Crippen LogP contribution in [0, 0.1) is 18.8 Å². The second kappa shape index (κ2) is 7.89. The summed E-state index contributed by atoms with van der Waals surface area (Å²) in [4.78, 5) is 4.22. The third-order valence-corrected chi connectivity index (χ3v) is 6.64. The van der Waals surface area contributed by atoms with Crippen LogP contribution < -0.4 is 14.8 Å². The molecule has 0 saturated heterocycles. The molecule has 2 fully saturated rings. The van der Waals surface area contributed by atoms with Crippen LogP contribution in [0.2, 0.25) is 0 Å². The van der Waals surface area contributed by atoms with Crippen molar-refractivity contribution in [1.82, 2.24) is 10.3 Å². The average molecular weight is 367 g/mol. The van der Waals surface area contributed by atoms with Crippen LogP contribution in [0.25, 0.3) is 0 Å². The van der Waals surface area contributed by atoms with Crippen molar-refractivity contribution >= 4 is 0 Å². The zero-order valence-corrected chi connectivity index (χ0v) is 16.6. The van der Waals surface area contributed by atoms with Gasteiger partial charge in [-0.25, -0.2) is 0 Å². The molecule has 0 bridgehead atoms. The molecule has 2 aliphatic carbocycles. The fourth-order valence-corrected chi connectivity index (χ4v) is 5.19. The number of nitrogens with zero attached hydrogens (tertiary/aromatic N) is 1. The Morgan fingerprint density at radius 2 is 1.81 bits per heavy atom. The molecule has 2 aliphatic rings. The molecule has 4 nitrogen and oxygen atoms in total. The van der Waals surface area contributed by atoms with Crippen molar-refractivity contribution < 1.29 is 9.47 Å². The minimum absolute atomic E-state index is 0.529. The van der Waals surface area contributed by atoms with E-state index in [1.54, 1.807) is 14.2 Å². The number of nitrogens with one attached hydrogen (secondary N) is 1. The number of ether oxygens (including phenoxy) is 2. The van der Waals surface area contributed by atoms with Crippen molar-refractivity contribution in [3.63, 3.8) is 0 Å². The van der Waals surface area contributed by atoms with E-state index in [1.807, 2.05) is 18.5 Å². The van der Waals surface area contributed by atoms with E-state index in [0.717, 1.165) is 29.9 Å². The number of aryl methyl sites for hydroxylation is 1. The topological polar surface area (TPSA) is 43.4 Å². The van der Waals surface area contributed by atoms with Gasteiger partial charge in [-0.1, -0.05) is 18.9 Å². The standard InChI is InChI=1S/C23H30N2O2/c1-15-13-24-11-10-17(15)14-25-23-19-7-5-4-6-18(19)22(23)16-8-9-20(26-2)21(12-16)27-3/h8-13,18-19,22-23,25H,4-7,14H2,1-3H3/t18-,19-,22-,23-/m0/s1. The quantitative estimate of drug-likeness (QED) is 0.819. The summed E-state index contributed by atoms with van der Waals surface area (Å²) in [6.07, 6.45) is 9.26. The minimum Gasteiger partial charge on any atom is -0.493 e. The summed E-state index contributed by atoms with van der Waals surface area (Å²) >= 11 is 0. The number of pyridine rings is 1. The van der Waals surface area contributed by atoms with Crippen molar-refractivity contribution in [2.75, 3.05) is 14.2 Å². The van der Waals surface area contributed by atoms with Crippen molar-refractivity contribution in [2.24, 2.45) is 11.8 Å². The molecule has 0 aliphatic heterocycles. The van der Waals surface area contributed by atoms with Gasteiger partial charge in [-0.2, -0.15) is 0 Å². The molecule has 0 radical (unpaired) electrons. The van der Waals surface area contributed by atoms with Crippen LogP contribution in [-0.4, -0.2) is 25.2 Å². The minimum atomic E-state index is 0.529. The lowest BCUT2D eigenvalue weighted by molar-refractivity contribution is 0.0252. The molecule has 1 N–H and O–H groups in total. The first-order valence-electron chi connectivity index (χ1n) is 10.1. The maximum absolute atomic E-state index is 5.56. The molecule has 2 saturated carbocycles. The summed E-state index contributed by atoms with van der Waals surface area (Å²) in [5.41, 5.74) is 3.97. The van der Waals surface area contributed by atoms with E-state index in [1.165, 1.54) is 42.4 Å². The van der Waals surface area contributed by atoms with E-state index < -0.39 is 0 Å². The van der Waals surface area contributed by atoms with Gasteiger partial charge in [0.05, 0.1) is 14.2 Å². The zero-order chi connectivity index (χ0) is 18.8. The first-order valence-corrected chi connectivity index (χ1v) is 10.1. The Morgan fingerprint density at radius 1 is 1.04 bits per heavy atom. The highest BCUT2D eigenvalue weighted by molar-refractivity contribution is 5.45. The van der Waals surface area contributed by atoms with Gasteiger partial charge >= 0.3 is 0 Å². The van der Waals surface area contributed by atoms with Crippen molar-refractivity contribution in [3.8, 4) is 11.5 Å². The summed E-state index contributed by atoms with van der Waals surface area (Å²) in [6, 6.07) is 9.12. The van der Waals surface area contributed by atoms with E-state index >= 15 is 0 Å². The normalized spacial score (nSPS) is 26.8. The van der Waals surface area contributed by atoms with E-state index in [4.69, 9.17) is 9.47 Å². The zero-order valence-electron chi connectivity index (χ0n) is 16.6. The first kappa shape index (κ1) is 18.3. The molecule has 2 aromatic rings. The SMILES string of the molecule is COc1ccc([C@H]2[C@H]3CCCC[C@@H]3[C@@H]2NCc2ccncc2C)cc1OC. The molecule has 4 rings (SSSR count). The third-order valence-electron chi connectivity index (χ3n) is 6.64. The Kier molecular flexibility index (Phi) is 5.35. The Labute approximate surface area is 162 Å². The number of hydrogen-bond acceptors (Lipinski definition) is 4. The molecular weight excluding hydrogens is 336 g/mol. The lowest BCUT2D eigenvalue weighted by Crippen LogP contribution is -2.57. The van der Waals surface area contributed by atoms with Gasteiger partial charge in [0, 0.05) is 30.9 Å². The number of hydrogen-bond donors (Lipinski definition) is 1. The van der Waals surface area contributed by atoms with Crippen LogP contribution in [0.4, 0.5) is 0 Å².